The van der Waals surface area contributed by atoms with E-state index in [1.165, 1.54) is 0 Å². The predicted octanol–water partition coefficient (Wildman–Crippen LogP) is -0.596. The minimum absolute atomic E-state index is 0.0523. The van der Waals surface area contributed by atoms with Crippen molar-refractivity contribution in [2.75, 3.05) is 12.3 Å². The van der Waals surface area contributed by atoms with Gasteiger partial charge in [0.15, 0.2) is 17.0 Å². The molecule has 130 valence electrons. The number of fused-ring (bicyclic) bond motifs is 1. The molecule has 1 unspecified atom stereocenters. The number of nitrogen functional groups attached to an aromatic ring is 1. The van der Waals surface area contributed by atoms with Crippen LogP contribution in [0.5, 0.6) is 0 Å². The Morgan fingerprint density at radius 3 is 2.92 bits per heavy atom. The highest BCUT2D eigenvalue weighted by atomic mass is 16.5. The summed E-state index contributed by atoms with van der Waals surface area (Å²) in [5.41, 5.74) is 6.04. The van der Waals surface area contributed by atoms with Crippen LogP contribution in [0, 0.1) is 0 Å². The molecule has 0 amide bonds. The maximum Gasteiger partial charge on any atom is 0.280 e. The minimum Gasteiger partial charge on any atom is -0.394 e. The number of aliphatic hydroxyl groups is 2. The van der Waals surface area contributed by atoms with E-state index in [2.05, 4.69) is 19.9 Å². The molecule has 3 aromatic heterocycles. The highest BCUT2D eigenvalue weighted by molar-refractivity contribution is 5.76. The third-order valence-corrected chi connectivity index (χ3v) is 4.13. The van der Waals surface area contributed by atoms with Crippen LogP contribution in [0.3, 0.4) is 0 Å². The van der Waals surface area contributed by atoms with Crippen LogP contribution in [0.15, 0.2) is 29.2 Å². The smallest absolute Gasteiger partial charge is 0.280 e. The van der Waals surface area contributed by atoms with Crippen LogP contribution in [0.4, 0.5) is 5.95 Å². The van der Waals surface area contributed by atoms with E-state index in [1.807, 2.05) is 0 Å². The van der Waals surface area contributed by atoms with E-state index in [9.17, 15) is 15.0 Å². The fourth-order valence-electron chi connectivity index (χ4n) is 2.99. The van der Waals surface area contributed by atoms with Crippen molar-refractivity contribution in [3.8, 4) is 11.5 Å². The Morgan fingerprint density at radius 2 is 2.24 bits per heavy atom. The fourth-order valence-corrected chi connectivity index (χ4v) is 2.99. The largest absolute Gasteiger partial charge is 0.394 e. The van der Waals surface area contributed by atoms with Crippen LogP contribution in [0.1, 0.15) is 12.6 Å². The summed E-state index contributed by atoms with van der Waals surface area (Å²) in [5.74, 6) is 0.318. The average molecular weight is 344 g/mol. The Bertz CT molecular complexity index is 969. The van der Waals surface area contributed by atoms with Gasteiger partial charge < -0.3 is 20.7 Å². The van der Waals surface area contributed by atoms with Crippen LogP contribution in [-0.2, 0) is 4.74 Å². The number of hydrogen-bond acceptors (Lipinski definition) is 8. The maximum absolute atomic E-state index is 12.2. The monoisotopic (exact) mass is 344 g/mol. The molecular weight excluding hydrogens is 328 g/mol. The van der Waals surface area contributed by atoms with Gasteiger partial charge >= 0.3 is 0 Å². The number of imidazole rings is 1. The number of nitrogens with zero attached hydrogens (tertiary/aromatic N) is 4. The number of H-pyrrole nitrogens is 1. The molecule has 0 aliphatic carbocycles. The first kappa shape index (κ1) is 15.7. The summed E-state index contributed by atoms with van der Waals surface area (Å²) in [4.78, 5) is 27.4. The lowest BCUT2D eigenvalue weighted by molar-refractivity contribution is -0.0427. The topological polar surface area (TPSA) is 152 Å². The summed E-state index contributed by atoms with van der Waals surface area (Å²) in [5, 5.41) is 19.4. The van der Waals surface area contributed by atoms with Crippen molar-refractivity contribution < 1.29 is 14.9 Å². The van der Waals surface area contributed by atoms with Crippen LogP contribution in [0.2, 0.25) is 0 Å². The minimum atomic E-state index is -0.844. The molecule has 5 N–H and O–H groups in total. The van der Waals surface area contributed by atoms with Crippen molar-refractivity contribution in [3.05, 3.63) is 34.7 Å². The van der Waals surface area contributed by atoms with Gasteiger partial charge in [-0.25, -0.2) is 4.98 Å². The van der Waals surface area contributed by atoms with Crippen LogP contribution >= 0.6 is 0 Å². The normalized spacial score (nSPS) is 23.4. The second kappa shape index (κ2) is 5.92. The summed E-state index contributed by atoms with van der Waals surface area (Å²) in [6.45, 7) is -0.320. The van der Waals surface area contributed by atoms with E-state index in [1.54, 1.807) is 29.0 Å². The van der Waals surface area contributed by atoms with Crippen molar-refractivity contribution in [3.63, 3.8) is 0 Å². The number of anilines is 1. The molecule has 1 fully saturated rings. The number of aromatic nitrogens is 5. The Hall–Kier alpha value is -2.82. The van der Waals surface area contributed by atoms with Crippen LogP contribution in [0.25, 0.3) is 22.7 Å². The molecule has 0 spiro atoms. The summed E-state index contributed by atoms with van der Waals surface area (Å²) in [6.07, 6.45) is -0.416. The number of ether oxygens (including phenoxy) is 1. The van der Waals surface area contributed by atoms with Gasteiger partial charge in [-0.1, -0.05) is 6.07 Å². The lowest BCUT2D eigenvalue weighted by Crippen LogP contribution is -2.24. The molecule has 10 heteroatoms. The van der Waals surface area contributed by atoms with E-state index in [4.69, 9.17) is 10.5 Å². The van der Waals surface area contributed by atoms with Crippen molar-refractivity contribution in [2.24, 2.45) is 0 Å². The molecule has 0 saturated carbocycles. The zero-order valence-electron chi connectivity index (χ0n) is 13.0. The molecule has 3 aromatic rings. The zero-order chi connectivity index (χ0) is 17.6. The van der Waals surface area contributed by atoms with Gasteiger partial charge in [-0.15, -0.1) is 0 Å². The van der Waals surface area contributed by atoms with E-state index in [-0.39, 0.29) is 30.1 Å². The van der Waals surface area contributed by atoms with Gasteiger partial charge in [0, 0.05) is 12.6 Å². The first-order valence-corrected chi connectivity index (χ1v) is 7.72. The molecule has 4 rings (SSSR count). The molecule has 4 heterocycles. The standard InChI is InChI=1S/C15H16N6O4/c16-15-19-13-11(14(24)20-15)18-12(7-3-1-2-4-17-7)21(13)10-5-8(23)9(6-22)25-10/h1-4,8-10,22-23H,5-6H2,(H3,16,19,20,24)/t8?,9-,10-/m1/s1. The molecule has 0 radical (unpaired) electrons. The van der Waals surface area contributed by atoms with Crippen LogP contribution in [-0.4, -0.2) is 53.5 Å². The van der Waals surface area contributed by atoms with Gasteiger partial charge in [0.25, 0.3) is 5.56 Å². The number of aliphatic hydroxyl groups excluding tert-OH is 2. The van der Waals surface area contributed by atoms with Gasteiger partial charge in [-0.3, -0.25) is 19.3 Å². The lowest BCUT2D eigenvalue weighted by atomic mass is 10.2. The molecule has 0 bridgehead atoms. The Kier molecular flexibility index (Phi) is 3.71. The summed E-state index contributed by atoms with van der Waals surface area (Å²) >= 11 is 0. The fraction of sp³-hybridized carbons (Fsp3) is 0.333. The second-order valence-electron chi connectivity index (χ2n) is 5.76. The third-order valence-electron chi connectivity index (χ3n) is 4.13. The van der Waals surface area contributed by atoms with Crippen LogP contribution < -0.4 is 11.3 Å². The van der Waals surface area contributed by atoms with Gasteiger partial charge in [0.05, 0.1) is 12.7 Å². The number of rotatable bonds is 3. The summed E-state index contributed by atoms with van der Waals surface area (Å²) in [6, 6.07) is 5.29. The van der Waals surface area contributed by atoms with E-state index >= 15 is 0 Å². The van der Waals surface area contributed by atoms with Gasteiger partial charge in [-0.2, -0.15) is 4.98 Å². The quantitative estimate of drug-likeness (QED) is 0.492. The highest BCUT2D eigenvalue weighted by Gasteiger charge is 2.37. The third kappa shape index (κ3) is 2.56. The molecule has 10 nitrogen and oxygen atoms in total. The lowest BCUT2D eigenvalue weighted by Gasteiger charge is -2.16. The number of hydrogen-bond donors (Lipinski definition) is 4. The SMILES string of the molecule is Nc1nc2c(nc(-c3ccccn3)n2[C@H]2CC(O)[C@@H](CO)O2)c(=O)[nH]1. The number of aromatic amines is 1. The van der Waals surface area contributed by atoms with Crippen molar-refractivity contribution in [2.45, 2.75) is 24.9 Å². The van der Waals surface area contributed by atoms with E-state index in [0.717, 1.165) is 0 Å². The number of nitrogens with two attached hydrogens (primary N) is 1. The summed E-state index contributed by atoms with van der Waals surface area (Å²) in [7, 11) is 0. The summed E-state index contributed by atoms with van der Waals surface area (Å²) < 4.78 is 7.30. The van der Waals surface area contributed by atoms with E-state index in [0.29, 0.717) is 11.5 Å². The second-order valence-corrected chi connectivity index (χ2v) is 5.76. The van der Waals surface area contributed by atoms with Gasteiger partial charge in [0.2, 0.25) is 5.95 Å². The highest BCUT2D eigenvalue weighted by Crippen LogP contribution is 2.34. The van der Waals surface area contributed by atoms with Gasteiger partial charge in [-0.05, 0) is 12.1 Å². The Balaban J connectivity index is 1.96. The van der Waals surface area contributed by atoms with E-state index < -0.39 is 24.0 Å². The molecule has 25 heavy (non-hydrogen) atoms. The molecular formula is C15H16N6O4. The number of nitrogens with one attached hydrogen (secondary N) is 1. The molecule has 1 aliphatic rings. The van der Waals surface area contributed by atoms with Crippen molar-refractivity contribution in [1.82, 2.24) is 24.5 Å². The zero-order valence-corrected chi connectivity index (χ0v) is 13.0. The molecule has 3 atom stereocenters. The van der Waals surface area contributed by atoms with Gasteiger partial charge in [0.1, 0.15) is 18.0 Å². The molecule has 1 saturated heterocycles. The Morgan fingerprint density at radius 1 is 1.40 bits per heavy atom. The first-order chi connectivity index (χ1) is 12.1. The predicted molar refractivity (Wildman–Crippen MR) is 87.4 cm³/mol. The average Bonchev–Trinajstić information content (AvgIpc) is 3.16. The molecule has 0 aromatic carbocycles. The first-order valence-electron chi connectivity index (χ1n) is 7.72. The van der Waals surface area contributed by atoms with Crippen molar-refractivity contribution in [1.29, 1.82) is 0 Å². The Labute approximate surface area is 140 Å². The maximum atomic E-state index is 12.2. The molecule has 1 aliphatic heterocycles. The number of pyridine rings is 1. The van der Waals surface area contributed by atoms with Crippen molar-refractivity contribution >= 4 is 17.1 Å².